The molecule has 19 heavy (non-hydrogen) atoms. The maximum Gasteiger partial charge on any atom is 0.338 e. The van der Waals surface area contributed by atoms with E-state index in [1.165, 1.54) is 12.1 Å². The zero-order valence-electron chi connectivity index (χ0n) is 10.6. The van der Waals surface area contributed by atoms with E-state index in [1.807, 2.05) is 13.8 Å². The molecular formula is C13H13N3O3. The molecule has 0 spiro atoms. The summed E-state index contributed by atoms with van der Waals surface area (Å²) >= 11 is 0. The third-order valence-corrected chi connectivity index (χ3v) is 2.54. The third kappa shape index (κ3) is 2.90. The first-order valence-electron chi connectivity index (χ1n) is 5.91. The van der Waals surface area contributed by atoms with Crippen molar-refractivity contribution < 1.29 is 14.4 Å². The number of hydrogen-bond donors (Lipinski definition) is 1. The SMILES string of the molecule is CC(C)CNC(=O)c1ccc2c(c1)=NC(=O)C(=O)N=2. The number of amides is 3. The molecule has 1 aliphatic rings. The molecule has 98 valence electrons. The van der Waals surface area contributed by atoms with E-state index >= 15 is 0 Å². The number of fused-ring (bicyclic) bond motifs is 1. The predicted octanol–water partition coefficient (Wildman–Crippen LogP) is -0.622. The van der Waals surface area contributed by atoms with Gasteiger partial charge in [0.2, 0.25) is 0 Å². The highest BCUT2D eigenvalue weighted by atomic mass is 16.2. The molecule has 0 radical (unpaired) electrons. The van der Waals surface area contributed by atoms with Crippen LogP contribution in [-0.4, -0.2) is 24.3 Å². The molecule has 1 N–H and O–H groups in total. The standard InChI is InChI=1S/C13H13N3O3/c1-7(2)6-14-11(17)8-3-4-9-10(5-8)16-13(19)12(18)15-9/h3-5,7H,6H2,1-2H3,(H,14,17). The molecule has 1 aromatic carbocycles. The zero-order chi connectivity index (χ0) is 14.0. The average Bonchev–Trinajstić information content (AvgIpc) is 2.36. The molecule has 6 nitrogen and oxygen atoms in total. The van der Waals surface area contributed by atoms with Crippen LogP contribution in [0.3, 0.4) is 0 Å². The largest absolute Gasteiger partial charge is 0.352 e. The number of hydrogen-bond acceptors (Lipinski definition) is 3. The molecule has 0 aromatic heterocycles. The number of carbonyl (C=O) groups is 3. The van der Waals surface area contributed by atoms with Crippen LogP contribution in [0, 0.1) is 5.92 Å². The van der Waals surface area contributed by atoms with E-state index in [1.54, 1.807) is 6.07 Å². The van der Waals surface area contributed by atoms with E-state index in [4.69, 9.17) is 0 Å². The Hall–Kier alpha value is -2.37. The Bertz CT molecular complexity index is 677. The van der Waals surface area contributed by atoms with Gasteiger partial charge in [0.15, 0.2) is 0 Å². The molecule has 2 rings (SSSR count). The second-order valence-corrected chi connectivity index (χ2v) is 4.64. The Kier molecular flexibility index (Phi) is 3.50. The van der Waals surface area contributed by atoms with Crippen molar-refractivity contribution in [2.24, 2.45) is 15.9 Å². The van der Waals surface area contributed by atoms with Crippen molar-refractivity contribution in [1.82, 2.24) is 5.32 Å². The fourth-order valence-electron chi connectivity index (χ4n) is 1.56. The van der Waals surface area contributed by atoms with Crippen molar-refractivity contribution in [3.8, 4) is 0 Å². The second-order valence-electron chi connectivity index (χ2n) is 4.64. The van der Waals surface area contributed by atoms with E-state index in [-0.39, 0.29) is 11.3 Å². The summed E-state index contributed by atoms with van der Waals surface area (Å²) in [5.74, 6) is -1.69. The van der Waals surface area contributed by atoms with Crippen LogP contribution in [0.4, 0.5) is 0 Å². The van der Waals surface area contributed by atoms with Gasteiger partial charge in [0.1, 0.15) is 0 Å². The highest BCUT2D eigenvalue weighted by Gasteiger charge is 2.16. The van der Waals surface area contributed by atoms with Crippen LogP contribution in [0.15, 0.2) is 28.2 Å². The number of benzene rings is 1. The molecular weight excluding hydrogens is 246 g/mol. The van der Waals surface area contributed by atoms with Crippen molar-refractivity contribution in [2.45, 2.75) is 13.8 Å². The molecule has 0 saturated carbocycles. The number of carbonyl (C=O) groups excluding carboxylic acids is 3. The molecule has 0 bridgehead atoms. The van der Waals surface area contributed by atoms with E-state index in [9.17, 15) is 14.4 Å². The molecule has 0 unspecified atom stereocenters. The van der Waals surface area contributed by atoms with Crippen molar-refractivity contribution >= 4 is 17.7 Å². The quantitative estimate of drug-likeness (QED) is 0.734. The van der Waals surface area contributed by atoms with Crippen molar-refractivity contribution in [3.05, 3.63) is 34.5 Å². The summed E-state index contributed by atoms with van der Waals surface area (Å²) in [7, 11) is 0. The fraction of sp³-hybridized carbons (Fsp3) is 0.308. The van der Waals surface area contributed by atoms with Crippen molar-refractivity contribution in [3.63, 3.8) is 0 Å². The first-order chi connectivity index (χ1) is 8.97. The Labute approximate surface area is 109 Å². The lowest BCUT2D eigenvalue weighted by Gasteiger charge is -2.07. The van der Waals surface area contributed by atoms with Crippen LogP contribution >= 0.6 is 0 Å². The van der Waals surface area contributed by atoms with Gasteiger partial charge in [-0.05, 0) is 24.1 Å². The maximum absolute atomic E-state index is 11.8. The summed E-state index contributed by atoms with van der Waals surface area (Å²) in [6, 6.07) is 4.52. The minimum atomic E-state index is -0.910. The van der Waals surface area contributed by atoms with E-state index in [2.05, 4.69) is 15.3 Å². The number of rotatable bonds is 3. The van der Waals surface area contributed by atoms with Crippen LogP contribution in [0.2, 0.25) is 0 Å². The van der Waals surface area contributed by atoms with Gasteiger partial charge < -0.3 is 5.32 Å². The Morgan fingerprint density at radius 1 is 1.16 bits per heavy atom. The predicted molar refractivity (Wildman–Crippen MR) is 65.9 cm³/mol. The van der Waals surface area contributed by atoms with Crippen molar-refractivity contribution in [1.29, 1.82) is 0 Å². The van der Waals surface area contributed by atoms with Gasteiger partial charge in [-0.15, -0.1) is 0 Å². The first-order valence-corrected chi connectivity index (χ1v) is 5.91. The second kappa shape index (κ2) is 5.09. The molecule has 0 atom stereocenters. The molecule has 0 aliphatic carbocycles. The Morgan fingerprint density at radius 3 is 2.42 bits per heavy atom. The lowest BCUT2D eigenvalue weighted by molar-refractivity contribution is -0.135. The molecule has 1 heterocycles. The minimum Gasteiger partial charge on any atom is -0.352 e. The van der Waals surface area contributed by atoms with Gasteiger partial charge in [-0.2, -0.15) is 0 Å². The average molecular weight is 259 g/mol. The van der Waals surface area contributed by atoms with E-state index < -0.39 is 11.8 Å². The first kappa shape index (κ1) is 13.1. The summed E-state index contributed by atoms with van der Waals surface area (Å²) in [6.45, 7) is 4.55. The lowest BCUT2D eigenvalue weighted by atomic mass is 10.1. The van der Waals surface area contributed by atoms with Gasteiger partial charge >= 0.3 is 11.8 Å². The molecule has 0 saturated heterocycles. The minimum absolute atomic E-state index is 0.240. The topological polar surface area (TPSA) is 88.0 Å². The molecule has 0 fully saturated rings. The fourth-order valence-corrected chi connectivity index (χ4v) is 1.56. The summed E-state index contributed by atoms with van der Waals surface area (Å²) in [4.78, 5) is 41.2. The smallest absolute Gasteiger partial charge is 0.338 e. The summed E-state index contributed by atoms with van der Waals surface area (Å²) < 4.78 is 0. The molecule has 6 heteroatoms. The highest BCUT2D eigenvalue weighted by Crippen LogP contribution is 1.96. The number of nitrogens with one attached hydrogen (secondary N) is 1. The van der Waals surface area contributed by atoms with Crippen LogP contribution in [-0.2, 0) is 9.59 Å². The van der Waals surface area contributed by atoms with Gasteiger partial charge in [-0.1, -0.05) is 13.8 Å². The van der Waals surface area contributed by atoms with E-state index in [0.717, 1.165) is 0 Å². The van der Waals surface area contributed by atoms with Gasteiger partial charge in [-0.3, -0.25) is 14.4 Å². The molecule has 3 amide bonds. The van der Waals surface area contributed by atoms with Crippen LogP contribution in [0.1, 0.15) is 24.2 Å². The van der Waals surface area contributed by atoms with Crippen LogP contribution in [0.5, 0.6) is 0 Å². The van der Waals surface area contributed by atoms with Gasteiger partial charge in [0, 0.05) is 12.1 Å². The van der Waals surface area contributed by atoms with Gasteiger partial charge in [-0.25, -0.2) is 9.98 Å². The monoisotopic (exact) mass is 259 g/mol. The summed E-state index contributed by atoms with van der Waals surface area (Å²) in [5.41, 5.74) is 0.389. The highest BCUT2D eigenvalue weighted by molar-refractivity contribution is 6.36. The zero-order valence-corrected chi connectivity index (χ0v) is 10.6. The molecule has 1 aliphatic heterocycles. The third-order valence-electron chi connectivity index (χ3n) is 2.54. The number of nitrogens with zero attached hydrogens (tertiary/aromatic N) is 2. The van der Waals surface area contributed by atoms with Crippen LogP contribution in [0.25, 0.3) is 0 Å². The van der Waals surface area contributed by atoms with Gasteiger partial charge in [0.25, 0.3) is 5.91 Å². The van der Waals surface area contributed by atoms with E-state index in [0.29, 0.717) is 23.4 Å². The Morgan fingerprint density at radius 2 is 1.79 bits per heavy atom. The summed E-state index contributed by atoms with van der Waals surface area (Å²) in [5, 5.41) is 3.32. The van der Waals surface area contributed by atoms with Crippen LogP contribution < -0.4 is 16.0 Å². The normalized spacial score (nSPS) is 13.6. The van der Waals surface area contributed by atoms with Gasteiger partial charge in [0.05, 0.1) is 10.7 Å². The summed E-state index contributed by atoms with van der Waals surface area (Å²) in [6.07, 6.45) is 0. The molecule has 1 aromatic rings. The van der Waals surface area contributed by atoms with Crippen molar-refractivity contribution in [2.75, 3.05) is 6.54 Å². The lowest BCUT2D eigenvalue weighted by Crippen LogP contribution is -2.36. The Balaban J connectivity index is 2.33. The maximum atomic E-state index is 11.8.